The summed E-state index contributed by atoms with van der Waals surface area (Å²) in [6.45, 7) is 6.71. The number of hydrogen-bond acceptors (Lipinski definition) is 4. The standard InChI is InChI=1S/C18H24N4O2/c1-4-22-13(2)15(9-20-22)18(23)21-10-14(12-24-3)16(11-21)17-7-5-6-8-19-17/h5-9,14,16H,4,10-12H2,1-3H3/t14-,16+/m0/s1. The summed E-state index contributed by atoms with van der Waals surface area (Å²) in [5.41, 5.74) is 2.64. The summed E-state index contributed by atoms with van der Waals surface area (Å²) in [5, 5.41) is 4.29. The monoisotopic (exact) mass is 328 g/mol. The maximum absolute atomic E-state index is 12.9. The van der Waals surface area contributed by atoms with Gasteiger partial charge in [-0.1, -0.05) is 6.07 Å². The maximum Gasteiger partial charge on any atom is 0.257 e. The van der Waals surface area contributed by atoms with E-state index in [1.54, 1.807) is 19.5 Å². The zero-order valence-corrected chi connectivity index (χ0v) is 14.5. The van der Waals surface area contributed by atoms with Crippen LogP contribution in [0, 0.1) is 12.8 Å². The second-order valence-electron chi connectivity index (χ2n) is 6.25. The van der Waals surface area contributed by atoms with Crippen LogP contribution in [0.1, 0.15) is 34.6 Å². The molecule has 0 aromatic carbocycles. The van der Waals surface area contributed by atoms with E-state index in [0.717, 1.165) is 17.9 Å². The molecule has 1 aliphatic heterocycles. The summed E-state index contributed by atoms with van der Waals surface area (Å²) in [6.07, 6.45) is 3.49. The van der Waals surface area contributed by atoms with Crippen molar-refractivity contribution in [2.45, 2.75) is 26.3 Å². The number of aryl methyl sites for hydroxylation is 1. The van der Waals surface area contributed by atoms with Gasteiger partial charge in [0.15, 0.2) is 0 Å². The number of methoxy groups -OCH3 is 1. The Bertz CT molecular complexity index is 698. The topological polar surface area (TPSA) is 60.2 Å². The molecule has 0 N–H and O–H groups in total. The van der Waals surface area contributed by atoms with E-state index in [-0.39, 0.29) is 17.7 Å². The maximum atomic E-state index is 12.9. The molecule has 1 aliphatic rings. The first-order valence-corrected chi connectivity index (χ1v) is 8.37. The van der Waals surface area contributed by atoms with Crippen LogP contribution in [0.3, 0.4) is 0 Å². The van der Waals surface area contributed by atoms with Crippen molar-refractivity contribution in [3.05, 3.63) is 47.5 Å². The van der Waals surface area contributed by atoms with Crippen LogP contribution in [0.2, 0.25) is 0 Å². The number of hydrogen-bond donors (Lipinski definition) is 0. The van der Waals surface area contributed by atoms with Crippen molar-refractivity contribution in [2.75, 3.05) is 26.8 Å². The van der Waals surface area contributed by atoms with Crippen molar-refractivity contribution >= 4 is 5.91 Å². The number of amides is 1. The molecule has 1 saturated heterocycles. The predicted octanol–water partition coefficient (Wildman–Crippen LogP) is 2.11. The lowest BCUT2D eigenvalue weighted by Gasteiger charge is -2.16. The molecule has 6 heteroatoms. The van der Waals surface area contributed by atoms with Gasteiger partial charge in [-0.05, 0) is 26.0 Å². The Balaban J connectivity index is 1.82. The van der Waals surface area contributed by atoms with Gasteiger partial charge in [-0.3, -0.25) is 14.5 Å². The number of nitrogens with zero attached hydrogens (tertiary/aromatic N) is 4. The van der Waals surface area contributed by atoms with Crippen LogP contribution in [0.4, 0.5) is 0 Å². The minimum Gasteiger partial charge on any atom is -0.384 e. The largest absolute Gasteiger partial charge is 0.384 e. The van der Waals surface area contributed by atoms with Gasteiger partial charge in [0.25, 0.3) is 5.91 Å². The fraction of sp³-hybridized carbons (Fsp3) is 0.500. The molecule has 0 radical (unpaired) electrons. The second kappa shape index (κ2) is 7.13. The Labute approximate surface area is 142 Å². The fourth-order valence-corrected chi connectivity index (χ4v) is 3.50. The SMILES string of the molecule is CCn1ncc(C(=O)N2C[C@@H](COC)[C@H](c3ccccn3)C2)c1C. The van der Waals surface area contributed by atoms with Crippen LogP contribution in [-0.2, 0) is 11.3 Å². The van der Waals surface area contributed by atoms with Crippen molar-refractivity contribution in [1.82, 2.24) is 19.7 Å². The number of rotatable bonds is 5. The van der Waals surface area contributed by atoms with Gasteiger partial charge in [0.2, 0.25) is 0 Å². The van der Waals surface area contributed by atoms with Gasteiger partial charge in [-0.15, -0.1) is 0 Å². The molecule has 0 unspecified atom stereocenters. The molecule has 1 amide bonds. The Morgan fingerprint density at radius 3 is 2.83 bits per heavy atom. The molecule has 0 aliphatic carbocycles. The van der Waals surface area contributed by atoms with Crippen LogP contribution in [0.25, 0.3) is 0 Å². The molecule has 2 aromatic heterocycles. The minimum absolute atomic E-state index is 0.0479. The van der Waals surface area contributed by atoms with Crippen LogP contribution in [0.15, 0.2) is 30.6 Å². The van der Waals surface area contributed by atoms with E-state index >= 15 is 0 Å². The van der Waals surface area contributed by atoms with E-state index in [1.165, 1.54) is 0 Å². The summed E-state index contributed by atoms with van der Waals surface area (Å²) in [5.74, 6) is 0.513. The van der Waals surface area contributed by atoms with E-state index in [9.17, 15) is 4.79 Å². The van der Waals surface area contributed by atoms with Crippen LogP contribution in [-0.4, -0.2) is 52.4 Å². The van der Waals surface area contributed by atoms with E-state index < -0.39 is 0 Å². The molecule has 2 aromatic rings. The highest BCUT2D eigenvalue weighted by molar-refractivity contribution is 5.95. The molecular weight excluding hydrogens is 304 g/mol. The van der Waals surface area contributed by atoms with Gasteiger partial charge in [-0.2, -0.15) is 5.10 Å². The smallest absolute Gasteiger partial charge is 0.257 e. The minimum atomic E-state index is 0.0479. The number of aromatic nitrogens is 3. The van der Waals surface area contributed by atoms with Crippen LogP contribution in [0.5, 0.6) is 0 Å². The molecule has 6 nitrogen and oxygen atoms in total. The van der Waals surface area contributed by atoms with E-state index in [0.29, 0.717) is 25.3 Å². The zero-order valence-electron chi connectivity index (χ0n) is 14.5. The first kappa shape index (κ1) is 16.6. The van der Waals surface area contributed by atoms with Gasteiger partial charge in [0, 0.05) is 56.2 Å². The highest BCUT2D eigenvalue weighted by Crippen LogP contribution is 2.32. The predicted molar refractivity (Wildman–Crippen MR) is 90.9 cm³/mol. The average molecular weight is 328 g/mol. The highest BCUT2D eigenvalue weighted by atomic mass is 16.5. The fourth-order valence-electron chi connectivity index (χ4n) is 3.50. The van der Waals surface area contributed by atoms with Gasteiger partial charge < -0.3 is 9.64 Å². The van der Waals surface area contributed by atoms with Gasteiger partial charge >= 0.3 is 0 Å². The molecule has 2 atom stereocenters. The summed E-state index contributed by atoms with van der Waals surface area (Å²) in [7, 11) is 1.70. The third-order valence-corrected chi connectivity index (χ3v) is 4.81. The highest BCUT2D eigenvalue weighted by Gasteiger charge is 2.37. The van der Waals surface area contributed by atoms with Crippen LogP contribution < -0.4 is 0 Å². The third-order valence-electron chi connectivity index (χ3n) is 4.81. The Kier molecular flexibility index (Phi) is 4.94. The molecule has 3 heterocycles. The molecule has 0 saturated carbocycles. The van der Waals surface area contributed by atoms with Crippen LogP contribution >= 0.6 is 0 Å². The lowest BCUT2D eigenvalue weighted by Crippen LogP contribution is -2.29. The van der Waals surface area contributed by atoms with Crippen molar-refractivity contribution in [1.29, 1.82) is 0 Å². The van der Waals surface area contributed by atoms with Gasteiger partial charge in [0.1, 0.15) is 0 Å². The van der Waals surface area contributed by atoms with Gasteiger partial charge in [0.05, 0.1) is 18.4 Å². The number of carbonyl (C=O) groups is 1. The van der Waals surface area contributed by atoms with Crippen molar-refractivity contribution < 1.29 is 9.53 Å². The van der Waals surface area contributed by atoms with Gasteiger partial charge in [-0.25, -0.2) is 0 Å². The number of likely N-dealkylation sites (tertiary alicyclic amines) is 1. The Hall–Kier alpha value is -2.21. The lowest BCUT2D eigenvalue weighted by atomic mass is 9.93. The molecule has 24 heavy (non-hydrogen) atoms. The molecule has 0 spiro atoms. The van der Waals surface area contributed by atoms with Crippen molar-refractivity contribution in [3.63, 3.8) is 0 Å². The van der Waals surface area contributed by atoms with E-state index in [2.05, 4.69) is 10.1 Å². The zero-order chi connectivity index (χ0) is 17.1. The summed E-state index contributed by atoms with van der Waals surface area (Å²) in [4.78, 5) is 19.3. The first-order valence-electron chi connectivity index (χ1n) is 8.37. The van der Waals surface area contributed by atoms with Crippen molar-refractivity contribution in [3.8, 4) is 0 Å². The summed E-state index contributed by atoms with van der Waals surface area (Å²) in [6, 6.07) is 5.93. The molecule has 0 bridgehead atoms. The third kappa shape index (κ3) is 3.06. The number of pyridine rings is 1. The lowest BCUT2D eigenvalue weighted by molar-refractivity contribution is 0.0774. The summed E-state index contributed by atoms with van der Waals surface area (Å²) >= 11 is 0. The Morgan fingerprint density at radius 2 is 2.21 bits per heavy atom. The normalized spacial score (nSPS) is 20.5. The van der Waals surface area contributed by atoms with E-state index in [4.69, 9.17) is 4.74 Å². The van der Waals surface area contributed by atoms with Crippen molar-refractivity contribution in [2.24, 2.45) is 5.92 Å². The molecular formula is C18H24N4O2. The molecule has 3 rings (SSSR count). The quantitative estimate of drug-likeness (QED) is 0.843. The summed E-state index contributed by atoms with van der Waals surface area (Å²) < 4.78 is 7.23. The first-order chi connectivity index (χ1) is 11.7. The number of carbonyl (C=O) groups excluding carboxylic acids is 1. The molecule has 1 fully saturated rings. The number of ether oxygens (including phenoxy) is 1. The average Bonchev–Trinajstić information content (AvgIpc) is 3.19. The van der Waals surface area contributed by atoms with E-state index in [1.807, 2.05) is 41.6 Å². The molecule has 128 valence electrons. The Morgan fingerprint density at radius 1 is 1.38 bits per heavy atom. The second-order valence-corrected chi connectivity index (χ2v) is 6.25.